The van der Waals surface area contributed by atoms with Crippen LogP contribution in [0.4, 0.5) is 4.79 Å². The number of nitrogens with one attached hydrogen (secondary N) is 1. The van der Waals surface area contributed by atoms with Crippen molar-refractivity contribution < 1.29 is 23.9 Å². The number of alkyl carbamates (subject to hydrolysis) is 1. The number of hydrogen-bond acceptors (Lipinski definition) is 6. The minimum absolute atomic E-state index is 0.156. The number of rotatable bonds is 6. The molecule has 1 amide bonds. The normalized spacial score (nSPS) is 11.9. The minimum atomic E-state index is -1.21. The Hall–Kier alpha value is -2.54. The van der Waals surface area contributed by atoms with E-state index in [1.54, 1.807) is 34.6 Å². The number of carbonyl (C=O) groups excluding carboxylic acids is 1. The summed E-state index contributed by atoms with van der Waals surface area (Å²) in [5.41, 5.74) is -0.519. The van der Waals surface area contributed by atoms with Gasteiger partial charge < -0.3 is 24.4 Å². The van der Waals surface area contributed by atoms with E-state index in [1.165, 1.54) is 0 Å². The molecule has 1 heterocycles. The second-order valence-electron chi connectivity index (χ2n) is 7.39. The highest BCUT2D eigenvalue weighted by atomic mass is 16.6. The first-order valence-corrected chi connectivity index (χ1v) is 8.45. The first kappa shape index (κ1) is 19.8. The summed E-state index contributed by atoms with van der Waals surface area (Å²) >= 11 is 0. The Morgan fingerprint density at radius 3 is 2.42 bits per heavy atom. The molecule has 2 N–H and O–H groups in total. The van der Waals surface area contributed by atoms with Gasteiger partial charge in [0.25, 0.3) is 5.88 Å². The summed E-state index contributed by atoms with van der Waals surface area (Å²) in [4.78, 5) is 11.6. The van der Waals surface area contributed by atoms with Crippen LogP contribution in [0.15, 0.2) is 34.9 Å². The predicted octanol–water partition coefficient (Wildman–Crippen LogP) is 3.47. The van der Waals surface area contributed by atoms with Crippen LogP contribution >= 0.6 is 0 Å². The zero-order chi connectivity index (χ0) is 19.4. The molecule has 0 atom stereocenters. The molecule has 1 aromatic carbocycles. The smallest absolute Gasteiger partial charge is 0.407 e. The van der Waals surface area contributed by atoms with Gasteiger partial charge in [0.15, 0.2) is 5.76 Å². The molecule has 0 saturated carbocycles. The fourth-order valence-corrected chi connectivity index (χ4v) is 2.32. The first-order valence-electron chi connectivity index (χ1n) is 8.45. The van der Waals surface area contributed by atoms with Crippen LogP contribution in [0.2, 0.25) is 0 Å². The Bertz CT molecular complexity index is 727. The van der Waals surface area contributed by atoms with Crippen LogP contribution < -0.4 is 10.1 Å². The highest BCUT2D eigenvalue weighted by Gasteiger charge is 2.31. The largest absolute Gasteiger partial charge is 0.473 e. The highest BCUT2D eigenvalue weighted by Crippen LogP contribution is 2.38. The fourth-order valence-electron chi connectivity index (χ4n) is 2.32. The quantitative estimate of drug-likeness (QED) is 0.764. The molecule has 0 fully saturated rings. The van der Waals surface area contributed by atoms with E-state index in [0.29, 0.717) is 11.3 Å². The monoisotopic (exact) mass is 362 g/mol. The van der Waals surface area contributed by atoms with E-state index in [2.05, 4.69) is 10.5 Å². The molecule has 0 spiro atoms. The lowest BCUT2D eigenvalue weighted by Gasteiger charge is -2.20. The van der Waals surface area contributed by atoms with Gasteiger partial charge in [-0.05, 0) is 39.8 Å². The van der Waals surface area contributed by atoms with Gasteiger partial charge in [0.05, 0.1) is 17.7 Å². The van der Waals surface area contributed by atoms with Gasteiger partial charge in [-0.25, -0.2) is 4.79 Å². The van der Waals surface area contributed by atoms with Crippen LogP contribution in [-0.2, 0) is 10.3 Å². The molecule has 7 heteroatoms. The van der Waals surface area contributed by atoms with E-state index in [-0.39, 0.29) is 19.0 Å². The van der Waals surface area contributed by atoms with Crippen LogP contribution in [0, 0.1) is 0 Å². The van der Waals surface area contributed by atoms with Gasteiger partial charge in [-0.1, -0.05) is 30.3 Å². The molecule has 0 aliphatic rings. The summed E-state index contributed by atoms with van der Waals surface area (Å²) in [6.07, 6.45) is -0.520. The number of ether oxygens (including phenoxy) is 2. The molecule has 142 valence electrons. The lowest BCUT2D eigenvalue weighted by atomic mass is 9.95. The van der Waals surface area contributed by atoms with Crippen molar-refractivity contribution in [3.63, 3.8) is 0 Å². The van der Waals surface area contributed by atoms with Crippen molar-refractivity contribution in [3.8, 4) is 17.2 Å². The van der Waals surface area contributed by atoms with Crippen molar-refractivity contribution in [1.29, 1.82) is 0 Å². The van der Waals surface area contributed by atoms with Crippen molar-refractivity contribution in [2.75, 3.05) is 13.2 Å². The molecule has 0 bridgehead atoms. The van der Waals surface area contributed by atoms with Gasteiger partial charge in [-0.15, -0.1) is 0 Å². The van der Waals surface area contributed by atoms with Crippen LogP contribution in [0.3, 0.4) is 0 Å². The number of carbonyl (C=O) groups is 1. The van der Waals surface area contributed by atoms with Crippen LogP contribution in [0.25, 0.3) is 11.3 Å². The maximum atomic E-state index is 11.6. The Morgan fingerprint density at radius 1 is 1.19 bits per heavy atom. The second-order valence-corrected chi connectivity index (χ2v) is 7.39. The summed E-state index contributed by atoms with van der Waals surface area (Å²) in [6, 6.07) is 9.37. The molecule has 1 aromatic heterocycles. The lowest BCUT2D eigenvalue weighted by molar-refractivity contribution is 0.0515. The Labute approximate surface area is 153 Å². The van der Waals surface area contributed by atoms with Crippen molar-refractivity contribution in [1.82, 2.24) is 10.5 Å². The Kier molecular flexibility index (Phi) is 5.92. The number of aliphatic hydroxyl groups is 1. The molecular formula is C19H26N2O5. The topological polar surface area (TPSA) is 93.8 Å². The van der Waals surface area contributed by atoms with Gasteiger partial charge in [0, 0.05) is 5.56 Å². The summed E-state index contributed by atoms with van der Waals surface area (Å²) in [6.45, 7) is 9.03. The second kappa shape index (κ2) is 7.78. The number of nitrogens with zero attached hydrogens (tertiary/aromatic N) is 1. The molecule has 7 nitrogen and oxygen atoms in total. The average molecular weight is 362 g/mol. The number of aromatic nitrogens is 1. The third-order valence-corrected chi connectivity index (χ3v) is 3.32. The standard InChI is InChI=1S/C19H26N2O5/c1-18(2,3)25-17(22)20-11-12-24-16-14(19(4,5)23)15(26-21-16)13-9-7-6-8-10-13/h6-10,23H,11-12H2,1-5H3,(H,20,22). The molecule has 2 rings (SSSR count). The van der Waals surface area contributed by atoms with Crippen molar-refractivity contribution in [2.24, 2.45) is 0 Å². The molecule has 0 aliphatic carbocycles. The van der Waals surface area contributed by atoms with E-state index in [9.17, 15) is 9.90 Å². The van der Waals surface area contributed by atoms with E-state index >= 15 is 0 Å². The summed E-state index contributed by atoms with van der Waals surface area (Å²) in [5.74, 6) is 0.649. The summed E-state index contributed by atoms with van der Waals surface area (Å²) < 4.78 is 16.2. The number of hydrogen-bond donors (Lipinski definition) is 2. The van der Waals surface area contributed by atoms with E-state index in [4.69, 9.17) is 14.0 Å². The summed E-state index contributed by atoms with van der Waals surface area (Å²) in [7, 11) is 0. The van der Waals surface area contributed by atoms with Crippen LogP contribution in [0.5, 0.6) is 5.88 Å². The number of benzene rings is 1. The molecular weight excluding hydrogens is 336 g/mol. The summed E-state index contributed by atoms with van der Waals surface area (Å²) in [5, 5.41) is 17.0. The first-order chi connectivity index (χ1) is 12.1. The van der Waals surface area contributed by atoms with Gasteiger partial charge in [0.2, 0.25) is 0 Å². The predicted molar refractivity (Wildman–Crippen MR) is 96.9 cm³/mol. The zero-order valence-corrected chi connectivity index (χ0v) is 15.8. The van der Waals surface area contributed by atoms with Gasteiger partial charge in [-0.2, -0.15) is 0 Å². The number of amides is 1. The molecule has 0 aliphatic heterocycles. The van der Waals surface area contributed by atoms with Gasteiger partial charge in [0.1, 0.15) is 12.2 Å². The SMILES string of the molecule is CC(C)(C)OC(=O)NCCOc1noc(-c2ccccc2)c1C(C)(C)O. The Balaban J connectivity index is 2.04. The maximum absolute atomic E-state index is 11.6. The lowest BCUT2D eigenvalue weighted by Crippen LogP contribution is -2.34. The van der Waals surface area contributed by atoms with Crippen LogP contribution in [0.1, 0.15) is 40.2 Å². The average Bonchev–Trinajstić information content (AvgIpc) is 2.95. The molecule has 26 heavy (non-hydrogen) atoms. The van der Waals surface area contributed by atoms with Crippen molar-refractivity contribution >= 4 is 6.09 Å². The highest BCUT2D eigenvalue weighted by molar-refractivity contribution is 5.67. The minimum Gasteiger partial charge on any atom is -0.473 e. The van der Waals surface area contributed by atoms with Crippen LogP contribution in [-0.4, -0.2) is 35.1 Å². The van der Waals surface area contributed by atoms with Crippen molar-refractivity contribution in [2.45, 2.75) is 45.8 Å². The Morgan fingerprint density at radius 2 is 1.85 bits per heavy atom. The van der Waals surface area contributed by atoms with E-state index in [1.807, 2.05) is 30.3 Å². The molecule has 0 radical (unpaired) electrons. The molecule has 0 unspecified atom stereocenters. The third kappa shape index (κ3) is 5.49. The van der Waals surface area contributed by atoms with E-state index < -0.39 is 17.3 Å². The maximum Gasteiger partial charge on any atom is 0.407 e. The van der Waals surface area contributed by atoms with E-state index in [0.717, 1.165) is 5.56 Å². The van der Waals surface area contributed by atoms with Gasteiger partial charge in [-0.3, -0.25) is 0 Å². The van der Waals surface area contributed by atoms with Crippen molar-refractivity contribution in [3.05, 3.63) is 35.9 Å². The molecule has 2 aromatic rings. The molecule has 0 saturated heterocycles. The fraction of sp³-hybridized carbons (Fsp3) is 0.474. The van der Waals surface area contributed by atoms with Gasteiger partial charge >= 0.3 is 6.09 Å². The third-order valence-electron chi connectivity index (χ3n) is 3.32. The zero-order valence-electron chi connectivity index (χ0n) is 15.8.